The monoisotopic (exact) mass is 266 g/mol. The summed E-state index contributed by atoms with van der Waals surface area (Å²) in [6.45, 7) is 14.2. The lowest BCUT2D eigenvalue weighted by Gasteiger charge is -2.49. The first kappa shape index (κ1) is 15.3. The van der Waals surface area contributed by atoms with Crippen molar-refractivity contribution in [3.8, 4) is 0 Å². The molecular weight excluding hydrogens is 232 g/mol. The predicted molar refractivity (Wildman–Crippen MR) is 83.4 cm³/mol. The molecule has 1 saturated carbocycles. The smallest absolute Gasteiger partial charge is 0.0144 e. The standard InChI is InChI=1S/C17H34N2/c1-12-8-7-9-13(2)15(12)18-14-10-16(3,4)19-17(5,6)11-14/h12-15,18-19H,7-11H2,1-6H3. The molecular formula is C17H34N2. The van der Waals surface area contributed by atoms with Gasteiger partial charge in [-0.25, -0.2) is 0 Å². The molecule has 0 spiro atoms. The fourth-order valence-corrected chi connectivity index (χ4v) is 4.72. The first-order valence-corrected chi connectivity index (χ1v) is 8.24. The van der Waals surface area contributed by atoms with Crippen molar-refractivity contribution < 1.29 is 0 Å². The van der Waals surface area contributed by atoms with E-state index in [0.29, 0.717) is 6.04 Å². The van der Waals surface area contributed by atoms with Crippen molar-refractivity contribution >= 4 is 0 Å². The number of hydrogen-bond donors (Lipinski definition) is 2. The zero-order valence-corrected chi connectivity index (χ0v) is 13.8. The van der Waals surface area contributed by atoms with Crippen LogP contribution >= 0.6 is 0 Å². The second-order valence-corrected chi connectivity index (χ2v) is 8.58. The van der Waals surface area contributed by atoms with Gasteiger partial charge >= 0.3 is 0 Å². The van der Waals surface area contributed by atoms with Gasteiger partial charge in [0.05, 0.1) is 0 Å². The minimum absolute atomic E-state index is 0.251. The molecule has 2 heteroatoms. The summed E-state index contributed by atoms with van der Waals surface area (Å²) in [6, 6.07) is 1.39. The van der Waals surface area contributed by atoms with E-state index in [1.807, 2.05) is 0 Å². The molecule has 0 radical (unpaired) electrons. The molecule has 1 aliphatic heterocycles. The van der Waals surface area contributed by atoms with E-state index in [2.05, 4.69) is 52.2 Å². The molecule has 0 bridgehead atoms. The van der Waals surface area contributed by atoms with Crippen LogP contribution in [0, 0.1) is 11.8 Å². The minimum Gasteiger partial charge on any atom is -0.311 e. The van der Waals surface area contributed by atoms with Crippen molar-refractivity contribution in [2.75, 3.05) is 0 Å². The number of nitrogens with one attached hydrogen (secondary N) is 2. The summed E-state index contributed by atoms with van der Waals surface area (Å²) in [4.78, 5) is 0. The van der Waals surface area contributed by atoms with Crippen molar-refractivity contribution in [3.63, 3.8) is 0 Å². The molecule has 2 atom stereocenters. The topological polar surface area (TPSA) is 24.1 Å². The van der Waals surface area contributed by atoms with Gasteiger partial charge in [-0.2, -0.15) is 0 Å². The van der Waals surface area contributed by atoms with Crippen molar-refractivity contribution in [1.82, 2.24) is 10.6 Å². The van der Waals surface area contributed by atoms with Gasteiger partial charge < -0.3 is 10.6 Å². The highest BCUT2D eigenvalue weighted by molar-refractivity contribution is 5.01. The molecule has 2 fully saturated rings. The summed E-state index contributed by atoms with van der Waals surface area (Å²) in [5.41, 5.74) is 0.501. The Morgan fingerprint density at radius 2 is 1.37 bits per heavy atom. The van der Waals surface area contributed by atoms with E-state index >= 15 is 0 Å². The van der Waals surface area contributed by atoms with Crippen LogP contribution in [0.1, 0.15) is 73.6 Å². The van der Waals surface area contributed by atoms with Gasteiger partial charge in [0.1, 0.15) is 0 Å². The highest BCUT2D eigenvalue weighted by Gasteiger charge is 2.39. The Hall–Kier alpha value is -0.0800. The molecule has 112 valence electrons. The Balaban J connectivity index is 2.01. The van der Waals surface area contributed by atoms with Gasteiger partial charge in [0.15, 0.2) is 0 Å². The minimum atomic E-state index is 0.251. The second-order valence-electron chi connectivity index (χ2n) is 8.58. The van der Waals surface area contributed by atoms with Crippen molar-refractivity contribution in [2.45, 2.75) is 96.8 Å². The summed E-state index contributed by atoms with van der Waals surface area (Å²) in [5, 5.41) is 7.81. The molecule has 0 amide bonds. The van der Waals surface area contributed by atoms with Gasteiger partial charge in [-0.1, -0.05) is 20.3 Å². The van der Waals surface area contributed by atoms with E-state index in [1.165, 1.54) is 32.1 Å². The molecule has 2 unspecified atom stereocenters. The van der Waals surface area contributed by atoms with Crippen LogP contribution in [0.2, 0.25) is 0 Å². The van der Waals surface area contributed by atoms with Crippen LogP contribution < -0.4 is 10.6 Å². The third-order valence-electron chi connectivity index (χ3n) is 5.16. The zero-order chi connectivity index (χ0) is 14.3. The van der Waals surface area contributed by atoms with E-state index in [0.717, 1.165) is 17.9 Å². The average molecular weight is 266 g/mol. The highest BCUT2D eigenvalue weighted by Crippen LogP contribution is 2.33. The van der Waals surface area contributed by atoms with E-state index in [9.17, 15) is 0 Å². The molecule has 2 rings (SSSR count). The highest BCUT2D eigenvalue weighted by atomic mass is 15.1. The van der Waals surface area contributed by atoms with Gasteiger partial charge in [-0.3, -0.25) is 0 Å². The number of rotatable bonds is 2. The molecule has 0 aromatic carbocycles. The quantitative estimate of drug-likeness (QED) is 0.796. The van der Waals surface area contributed by atoms with Gasteiger partial charge in [-0.15, -0.1) is 0 Å². The lowest BCUT2D eigenvalue weighted by molar-refractivity contribution is 0.111. The molecule has 1 aliphatic carbocycles. The molecule has 0 aromatic heterocycles. The Morgan fingerprint density at radius 1 is 0.895 bits per heavy atom. The molecule has 1 saturated heterocycles. The molecule has 2 N–H and O–H groups in total. The van der Waals surface area contributed by atoms with E-state index in [4.69, 9.17) is 0 Å². The van der Waals surface area contributed by atoms with E-state index in [1.54, 1.807) is 0 Å². The Morgan fingerprint density at radius 3 is 1.84 bits per heavy atom. The van der Waals surface area contributed by atoms with Gasteiger partial charge in [-0.05, 0) is 65.2 Å². The predicted octanol–water partition coefficient (Wildman–Crippen LogP) is 3.71. The molecule has 1 heterocycles. The fourth-order valence-electron chi connectivity index (χ4n) is 4.72. The summed E-state index contributed by atoms with van der Waals surface area (Å²) in [7, 11) is 0. The summed E-state index contributed by atoms with van der Waals surface area (Å²) in [6.07, 6.45) is 6.71. The molecule has 0 aromatic rings. The van der Waals surface area contributed by atoms with Crippen LogP contribution in [0.5, 0.6) is 0 Å². The molecule has 19 heavy (non-hydrogen) atoms. The van der Waals surface area contributed by atoms with Gasteiger partial charge in [0.25, 0.3) is 0 Å². The molecule has 2 aliphatic rings. The van der Waals surface area contributed by atoms with Crippen LogP contribution in [-0.4, -0.2) is 23.2 Å². The third-order valence-corrected chi connectivity index (χ3v) is 5.16. The lowest BCUT2D eigenvalue weighted by atomic mass is 9.75. The van der Waals surface area contributed by atoms with Gasteiger partial charge in [0, 0.05) is 23.2 Å². The Kier molecular flexibility index (Phi) is 4.32. The Labute approximate surface area is 120 Å². The maximum absolute atomic E-state index is 4.03. The van der Waals surface area contributed by atoms with Crippen LogP contribution in [0.4, 0.5) is 0 Å². The van der Waals surface area contributed by atoms with Crippen molar-refractivity contribution in [3.05, 3.63) is 0 Å². The van der Waals surface area contributed by atoms with Crippen LogP contribution in [-0.2, 0) is 0 Å². The summed E-state index contributed by atoms with van der Waals surface area (Å²) < 4.78 is 0. The summed E-state index contributed by atoms with van der Waals surface area (Å²) in [5.74, 6) is 1.68. The summed E-state index contributed by atoms with van der Waals surface area (Å²) >= 11 is 0. The van der Waals surface area contributed by atoms with Gasteiger partial charge in [0.2, 0.25) is 0 Å². The number of hydrogen-bond acceptors (Lipinski definition) is 2. The average Bonchev–Trinajstić information content (AvgIpc) is 2.19. The second kappa shape index (κ2) is 5.37. The Bertz CT molecular complexity index is 282. The zero-order valence-electron chi connectivity index (χ0n) is 13.8. The van der Waals surface area contributed by atoms with E-state index in [-0.39, 0.29) is 11.1 Å². The maximum Gasteiger partial charge on any atom is 0.0144 e. The van der Waals surface area contributed by atoms with Crippen molar-refractivity contribution in [2.24, 2.45) is 11.8 Å². The van der Waals surface area contributed by atoms with E-state index < -0.39 is 0 Å². The first-order valence-electron chi connectivity index (χ1n) is 8.24. The van der Waals surface area contributed by atoms with Crippen LogP contribution in [0.25, 0.3) is 0 Å². The fraction of sp³-hybridized carbons (Fsp3) is 1.00. The number of piperidine rings is 1. The van der Waals surface area contributed by atoms with Crippen LogP contribution in [0.15, 0.2) is 0 Å². The maximum atomic E-state index is 4.03. The first-order chi connectivity index (χ1) is 8.69. The van der Waals surface area contributed by atoms with Crippen molar-refractivity contribution in [1.29, 1.82) is 0 Å². The lowest BCUT2D eigenvalue weighted by Crippen LogP contribution is -2.63. The SMILES string of the molecule is CC1CCCC(C)C1NC1CC(C)(C)NC(C)(C)C1. The largest absolute Gasteiger partial charge is 0.311 e. The normalized spacial score (nSPS) is 39.2. The molecule has 2 nitrogen and oxygen atoms in total. The van der Waals surface area contributed by atoms with Crippen LogP contribution in [0.3, 0.4) is 0 Å². The third kappa shape index (κ3) is 3.95.